The predicted molar refractivity (Wildman–Crippen MR) is 250 cm³/mol. The van der Waals surface area contributed by atoms with Gasteiger partial charge in [-0.3, -0.25) is 0 Å². The molecule has 2 aromatic heterocycles. The third kappa shape index (κ3) is 6.58. The highest BCUT2D eigenvalue weighted by molar-refractivity contribution is 7.25. The van der Waals surface area contributed by atoms with Crippen molar-refractivity contribution < 1.29 is 0 Å². The number of rotatable bonds is 7. The lowest BCUT2D eigenvalue weighted by Crippen LogP contribution is -1.94. The summed E-state index contributed by atoms with van der Waals surface area (Å²) in [5, 5.41) is 4.77. The third-order valence-electron chi connectivity index (χ3n) is 11.3. The second kappa shape index (κ2) is 14.8. The first-order valence-electron chi connectivity index (χ1n) is 20.0. The van der Waals surface area contributed by atoms with E-state index in [0.717, 1.165) is 55.1 Å². The molecule has 276 valence electrons. The molecule has 2 nitrogen and oxygen atoms in total. The van der Waals surface area contributed by atoms with Gasteiger partial charge in [0.25, 0.3) is 0 Å². The fourth-order valence-corrected chi connectivity index (χ4v) is 9.45. The zero-order valence-corrected chi connectivity index (χ0v) is 32.9. The molecule has 0 unspecified atom stereocenters. The predicted octanol–water partition coefficient (Wildman–Crippen LogP) is 15.7. The van der Waals surface area contributed by atoms with Crippen molar-refractivity contribution in [3.63, 3.8) is 0 Å². The summed E-state index contributed by atoms with van der Waals surface area (Å²) in [5.41, 5.74) is 14.8. The van der Waals surface area contributed by atoms with Gasteiger partial charge in [-0.2, -0.15) is 0 Å². The molecule has 0 atom stereocenters. The lowest BCUT2D eigenvalue weighted by Gasteiger charge is -2.14. The van der Waals surface area contributed by atoms with Crippen molar-refractivity contribution in [2.75, 3.05) is 0 Å². The Balaban J connectivity index is 1.02. The summed E-state index contributed by atoms with van der Waals surface area (Å²) in [6.07, 6.45) is 0. The Bertz CT molecular complexity index is 3320. The van der Waals surface area contributed by atoms with E-state index in [-0.39, 0.29) is 0 Å². The van der Waals surface area contributed by atoms with Crippen molar-refractivity contribution in [3.8, 4) is 78.3 Å². The van der Waals surface area contributed by atoms with Gasteiger partial charge >= 0.3 is 0 Å². The van der Waals surface area contributed by atoms with Crippen molar-refractivity contribution in [1.82, 2.24) is 9.97 Å². The van der Waals surface area contributed by atoms with Crippen molar-refractivity contribution in [2.24, 2.45) is 0 Å². The van der Waals surface area contributed by atoms with Crippen molar-refractivity contribution in [2.45, 2.75) is 0 Å². The van der Waals surface area contributed by atoms with Gasteiger partial charge in [0.2, 0.25) is 0 Å². The number of nitrogens with zero attached hydrogens (tertiary/aromatic N) is 2. The van der Waals surface area contributed by atoms with Gasteiger partial charge in [0, 0.05) is 26.6 Å². The molecule has 0 aliphatic carbocycles. The average Bonchev–Trinajstić information content (AvgIpc) is 3.70. The molecule has 2 heterocycles. The van der Waals surface area contributed by atoms with Gasteiger partial charge < -0.3 is 0 Å². The van der Waals surface area contributed by atoms with E-state index >= 15 is 0 Å². The number of thiophene rings is 1. The monoisotopic (exact) mass is 768 g/mol. The molecule has 0 aliphatic heterocycles. The van der Waals surface area contributed by atoms with Gasteiger partial charge in [0.15, 0.2) is 5.82 Å². The van der Waals surface area contributed by atoms with Crippen LogP contribution in [-0.2, 0) is 0 Å². The molecule has 0 amide bonds. The fraction of sp³-hybridized carbons (Fsp3) is 0. The zero-order chi connectivity index (χ0) is 39.1. The maximum absolute atomic E-state index is 5.39. The summed E-state index contributed by atoms with van der Waals surface area (Å²) in [7, 11) is 0. The van der Waals surface area contributed by atoms with Crippen LogP contribution in [0.1, 0.15) is 0 Å². The van der Waals surface area contributed by atoms with Crippen LogP contribution in [-0.4, -0.2) is 9.97 Å². The molecule has 0 N–H and O–H groups in total. The van der Waals surface area contributed by atoms with Crippen LogP contribution in [0.5, 0.6) is 0 Å². The molecular formula is C56H36N2S. The number of hydrogen-bond acceptors (Lipinski definition) is 3. The molecule has 0 saturated heterocycles. The van der Waals surface area contributed by atoms with E-state index in [0.29, 0.717) is 0 Å². The normalized spacial score (nSPS) is 11.4. The molecular weight excluding hydrogens is 733 g/mol. The van der Waals surface area contributed by atoms with Crippen LogP contribution in [0.3, 0.4) is 0 Å². The summed E-state index contributed by atoms with van der Waals surface area (Å²) in [5.74, 6) is 0.720. The lowest BCUT2D eigenvalue weighted by molar-refractivity contribution is 1.24. The van der Waals surface area contributed by atoms with E-state index in [4.69, 9.17) is 9.97 Å². The first-order valence-corrected chi connectivity index (χ1v) is 20.8. The Morgan fingerprint density at radius 3 is 1.51 bits per heavy atom. The van der Waals surface area contributed by atoms with E-state index in [1.807, 2.05) is 0 Å². The molecule has 0 spiro atoms. The lowest BCUT2D eigenvalue weighted by atomic mass is 9.90. The Kier molecular flexibility index (Phi) is 8.72. The summed E-state index contributed by atoms with van der Waals surface area (Å²) < 4.78 is 1.21. The number of aromatic nitrogens is 2. The SMILES string of the molecule is c1ccc(-c2cc(-c3cccc(-c4cccc(-c5nc(-c6cccc(-c7ccccc7)c6)c6c(n5)sc5ccccc56)c4)c3)cc(-c3cccc4ccccc34)c2)cc1. The first-order chi connectivity index (χ1) is 29.2. The summed E-state index contributed by atoms with van der Waals surface area (Å²) in [4.78, 5) is 11.6. The van der Waals surface area contributed by atoms with Crippen LogP contribution in [0.15, 0.2) is 218 Å². The van der Waals surface area contributed by atoms with E-state index in [1.54, 1.807) is 11.3 Å². The molecule has 11 aromatic rings. The second-order valence-corrected chi connectivity index (χ2v) is 16.0. The van der Waals surface area contributed by atoms with Crippen molar-refractivity contribution in [3.05, 3.63) is 218 Å². The van der Waals surface area contributed by atoms with Crippen LogP contribution in [0.2, 0.25) is 0 Å². The van der Waals surface area contributed by atoms with Crippen LogP contribution in [0.4, 0.5) is 0 Å². The van der Waals surface area contributed by atoms with Crippen LogP contribution < -0.4 is 0 Å². The second-order valence-electron chi connectivity index (χ2n) is 15.0. The van der Waals surface area contributed by atoms with Gasteiger partial charge in [0.05, 0.1) is 5.69 Å². The van der Waals surface area contributed by atoms with E-state index in [1.165, 1.54) is 54.2 Å². The van der Waals surface area contributed by atoms with Crippen molar-refractivity contribution in [1.29, 1.82) is 0 Å². The molecule has 59 heavy (non-hydrogen) atoms. The van der Waals surface area contributed by atoms with E-state index in [9.17, 15) is 0 Å². The minimum Gasteiger partial charge on any atom is -0.227 e. The van der Waals surface area contributed by atoms with Crippen LogP contribution in [0.25, 0.3) is 109 Å². The molecule has 3 heteroatoms. The number of hydrogen-bond donors (Lipinski definition) is 0. The Labute approximate surface area is 347 Å². The van der Waals surface area contributed by atoms with Gasteiger partial charge in [-0.1, -0.05) is 176 Å². The van der Waals surface area contributed by atoms with Crippen molar-refractivity contribution >= 4 is 42.4 Å². The largest absolute Gasteiger partial charge is 0.227 e. The summed E-state index contributed by atoms with van der Waals surface area (Å²) >= 11 is 1.73. The molecule has 0 bridgehead atoms. The molecule has 0 aliphatic rings. The van der Waals surface area contributed by atoms with Gasteiger partial charge in [0.1, 0.15) is 4.83 Å². The number of benzene rings is 9. The smallest absolute Gasteiger partial charge is 0.161 e. The maximum atomic E-state index is 5.39. The molecule has 0 radical (unpaired) electrons. The number of fused-ring (bicyclic) bond motifs is 4. The minimum absolute atomic E-state index is 0.720. The molecule has 9 aromatic carbocycles. The highest BCUT2D eigenvalue weighted by Crippen LogP contribution is 2.41. The Hall–Kier alpha value is -7.46. The maximum Gasteiger partial charge on any atom is 0.161 e. The third-order valence-corrected chi connectivity index (χ3v) is 12.3. The fourth-order valence-electron chi connectivity index (χ4n) is 8.38. The Morgan fingerprint density at radius 2 is 0.763 bits per heavy atom. The van der Waals surface area contributed by atoms with Gasteiger partial charge in [-0.05, 0) is 109 Å². The molecule has 11 rings (SSSR count). The van der Waals surface area contributed by atoms with Crippen LogP contribution >= 0.6 is 11.3 Å². The highest BCUT2D eigenvalue weighted by atomic mass is 32.1. The standard InChI is InChI=1S/C56H36N2S/c1-3-15-37(16-4-1)40-21-12-25-44(32-40)54-53-51-28-9-10-30-52(51)59-56(53)58-55(57-54)45-26-13-23-42(33-45)41-22-11-24-43(31-41)47-34-46(38-17-5-2-6-18-38)35-48(36-47)50-29-14-20-39-19-7-8-27-49(39)50/h1-36H. The molecule has 0 fully saturated rings. The van der Waals surface area contributed by atoms with Crippen LogP contribution in [0, 0.1) is 0 Å². The highest BCUT2D eigenvalue weighted by Gasteiger charge is 2.18. The topological polar surface area (TPSA) is 25.8 Å². The van der Waals surface area contributed by atoms with E-state index < -0.39 is 0 Å². The zero-order valence-electron chi connectivity index (χ0n) is 32.1. The quantitative estimate of drug-likeness (QED) is 0.161. The minimum atomic E-state index is 0.720. The van der Waals surface area contributed by atoms with E-state index in [2.05, 4.69) is 218 Å². The van der Waals surface area contributed by atoms with Gasteiger partial charge in [-0.25, -0.2) is 9.97 Å². The average molecular weight is 769 g/mol. The first kappa shape index (κ1) is 34.8. The summed E-state index contributed by atoms with van der Waals surface area (Å²) in [6.45, 7) is 0. The summed E-state index contributed by atoms with van der Waals surface area (Å²) in [6, 6.07) is 78.3. The van der Waals surface area contributed by atoms with Gasteiger partial charge in [-0.15, -0.1) is 11.3 Å². The Morgan fingerprint density at radius 1 is 0.305 bits per heavy atom. The molecule has 0 saturated carbocycles.